The van der Waals surface area contributed by atoms with Crippen molar-refractivity contribution < 1.29 is 5.11 Å². The van der Waals surface area contributed by atoms with E-state index in [1.54, 1.807) is 6.07 Å². The van der Waals surface area contributed by atoms with Crippen molar-refractivity contribution in [2.45, 2.75) is 45.1 Å². The number of halogens is 2. The summed E-state index contributed by atoms with van der Waals surface area (Å²) in [6.45, 7) is 3.42. The van der Waals surface area contributed by atoms with Crippen LogP contribution in [0.25, 0.3) is 0 Å². The number of benzene rings is 1. The first-order valence-electron chi connectivity index (χ1n) is 7.94. The van der Waals surface area contributed by atoms with Crippen molar-refractivity contribution in [1.29, 1.82) is 0 Å². The summed E-state index contributed by atoms with van der Waals surface area (Å²) in [5.41, 5.74) is 1.11. The maximum Gasteiger partial charge on any atom is 0.0468 e. The maximum atomic E-state index is 9.51. The number of aliphatic hydroxyl groups is 1. The van der Waals surface area contributed by atoms with E-state index in [4.69, 9.17) is 23.2 Å². The lowest BCUT2D eigenvalue weighted by atomic mass is 9.79. The average Bonchev–Trinajstić information content (AvgIpc) is 2.50. The summed E-state index contributed by atoms with van der Waals surface area (Å²) in [5, 5.41) is 14.6. The highest BCUT2D eigenvalue weighted by Crippen LogP contribution is 2.31. The van der Waals surface area contributed by atoms with Gasteiger partial charge in [0.15, 0.2) is 0 Å². The van der Waals surface area contributed by atoms with Crippen LogP contribution in [0.4, 0.5) is 0 Å². The first-order valence-corrected chi connectivity index (χ1v) is 8.70. The molecule has 4 heteroatoms. The fourth-order valence-electron chi connectivity index (χ4n) is 3.35. The van der Waals surface area contributed by atoms with Crippen LogP contribution in [0.3, 0.4) is 0 Å². The van der Waals surface area contributed by atoms with Crippen molar-refractivity contribution in [2.24, 2.45) is 11.8 Å². The minimum atomic E-state index is 0.246. The second-order valence-electron chi connectivity index (χ2n) is 6.02. The van der Waals surface area contributed by atoms with Gasteiger partial charge in [0.2, 0.25) is 0 Å². The fraction of sp³-hybridized carbons (Fsp3) is 0.647. The number of rotatable bonds is 6. The largest absolute Gasteiger partial charge is 0.396 e. The third kappa shape index (κ3) is 4.59. The Bertz CT molecular complexity index is 452. The Kier molecular flexibility index (Phi) is 6.81. The summed E-state index contributed by atoms with van der Waals surface area (Å²) in [5.74, 6) is 1.02. The average molecular weight is 330 g/mol. The Hall–Kier alpha value is -0.280. The minimum Gasteiger partial charge on any atom is -0.396 e. The molecule has 1 fully saturated rings. The molecule has 0 radical (unpaired) electrons. The summed E-state index contributed by atoms with van der Waals surface area (Å²) in [6.07, 6.45) is 5.88. The van der Waals surface area contributed by atoms with Crippen LogP contribution in [0.2, 0.25) is 10.0 Å². The molecule has 3 atom stereocenters. The van der Waals surface area contributed by atoms with Crippen LogP contribution in [-0.4, -0.2) is 18.3 Å². The van der Waals surface area contributed by atoms with E-state index in [2.05, 4.69) is 12.2 Å². The van der Waals surface area contributed by atoms with E-state index < -0.39 is 0 Å². The van der Waals surface area contributed by atoms with Crippen molar-refractivity contribution in [3.63, 3.8) is 0 Å². The molecule has 0 spiro atoms. The van der Waals surface area contributed by atoms with Gasteiger partial charge >= 0.3 is 0 Å². The molecule has 1 aliphatic carbocycles. The van der Waals surface area contributed by atoms with Crippen molar-refractivity contribution in [1.82, 2.24) is 5.32 Å². The van der Waals surface area contributed by atoms with Crippen LogP contribution in [0.5, 0.6) is 0 Å². The highest BCUT2D eigenvalue weighted by atomic mass is 35.5. The van der Waals surface area contributed by atoms with Crippen LogP contribution in [-0.2, 0) is 0 Å². The van der Waals surface area contributed by atoms with Gasteiger partial charge in [0.05, 0.1) is 0 Å². The predicted molar refractivity (Wildman–Crippen MR) is 90.0 cm³/mol. The Morgan fingerprint density at radius 1 is 1.24 bits per heavy atom. The van der Waals surface area contributed by atoms with Gasteiger partial charge in [-0.3, -0.25) is 0 Å². The summed E-state index contributed by atoms with van der Waals surface area (Å²) >= 11 is 12.3. The second kappa shape index (κ2) is 8.38. The Balaban J connectivity index is 1.98. The first-order chi connectivity index (χ1) is 10.2. The zero-order valence-corrected chi connectivity index (χ0v) is 14.1. The van der Waals surface area contributed by atoms with Crippen LogP contribution in [0.15, 0.2) is 18.2 Å². The molecule has 2 N–H and O–H groups in total. The smallest absolute Gasteiger partial charge is 0.0468 e. The molecule has 1 aromatic carbocycles. The molecule has 2 rings (SSSR count). The number of hydrogen-bond acceptors (Lipinski definition) is 2. The van der Waals surface area contributed by atoms with E-state index in [1.165, 1.54) is 19.3 Å². The fourth-order valence-corrected chi connectivity index (χ4v) is 3.89. The van der Waals surface area contributed by atoms with Gasteiger partial charge in [-0.2, -0.15) is 0 Å². The second-order valence-corrected chi connectivity index (χ2v) is 6.87. The molecule has 3 unspecified atom stereocenters. The van der Waals surface area contributed by atoms with Crippen LogP contribution >= 0.6 is 23.2 Å². The highest BCUT2D eigenvalue weighted by molar-refractivity contribution is 6.35. The van der Waals surface area contributed by atoms with E-state index in [9.17, 15) is 5.11 Å². The highest BCUT2D eigenvalue weighted by Gasteiger charge is 2.25. The predicted octanol–water partition coefficient (Wildman–Crippen LogP) is 4.83. The Labute approximate surface area is 137 Å². The third-order valence-corrected chi connectivity index (χ3v) is 5.24. The van der Waals surface area contributed by atoms with Crippen molar-refractivity contribution >= 4 is 23.2 Å². The molecule has 21 heavy (non-hydrogen) atoms. The maximum absolute atomic E-state index is 9.51. The summed E-state index contributed by atoms with van der Waals surface area (Å²) < 4.78 is 0. The summed E-state index contributed by atoms with van der Waals surface area (Å²) in [6, 6.07) is 5.96. The van der Waals surface area contributed by atoms with Crippen molar-refractivity contribution in [3.05, 3.63) is 33.8 Å². The van der Waals surface area contributed by atoms with Crippen molar-refractivity contribution in [3.8, 4) is 0 Å². The zero-order valence-electron chi connectivity index (χ0n) is 12.6. The quantitative estimate of drug-likeness (QED) is 0.783. The molecular weight excluding hydrogens is 305 g/mol. The number of nitrogens with one attached hydrogen (secondary N) is 1. The molecule has 0 amide bonds. The lowest BCUT2D eigenvalue weighted by molar-refractivity contribution is 0.131. The molecule has 1 aliphatic rings. The topological polar surface area (TPSA) is 32.3 Å². The van der Waals surface area contributed by atoms with E-state index in [0.717, 1.165) is 30.0 Å². The molecule has 2 nitrogen and oxygen atoms in total. The molecule has 0 bridgehead atoms. The third-order valence-electron chi connectivity index (χ3n) is 4.67. The van der Waals surface area contributed by atoms with E-state index in [-0.39, 0.29) is 6.04 Å². The number of aliphatic hydroxyl groups excluding tert-OH is 1. The molecule has 0 aromatic heterocycles. The summed E-state index contributed by atoms with van der Waals surface area (Å²) in [4.78, 5) is 0. The SMILES string of the molecule is CCC(NCC1CCCCC1CO)c1ccc(Cl)cc1Cl. The van der Waals surface area contributed by atoms with Crippen LogP contribution < -0.4 is 5.32 Å². The number of hydrogen-bond donors (Lipinski definition) is 2. The monoisotopic (exact) mass is 329 g/mol. The molecule has 0 aliphatic heterocycles. The lowest BCUT2D eigenvalue weighted by Gasteiger charge is -2.32. The van der Waals surface area contributed by atoms with Gasteiger partial charge in [-0.15, -0.1) is 0 Å². The standard InChI is InChI=1S/C17H25Cl2NO/c1-2-17(15-8-7-14(18)9-16(15)19)20-10-12-5-3-4-6-13(12)11-21/h7-9,12-13,17,20-21H,2-6,10-11H2,1H3. The molecule has 0 heterocycles. The van der Waals surface area contributed by atoms with Gasteiger partial charge in [0, 0.05) is 22.7 Å². The lowest BCUT2D eigenvalue weighted by Crippen LogP contribution is -2.34. The Morgan fingerprint density at radius 3 is 2.57 bits per heavy atom. The van der Waals surface area contributed by atoms with Gasteiger partial charge < -0.3 is 10.4 Å². The van der Waals surface area contributed by atoms with Crippen molar-refractivity contribution in [2.75, 3.05) is 13.2 Å². The molecule has 118 valence electrons. The van der Waals surface area contributed by atoms with Gasteiger partial charge in [-0.25, -0.2) is 0 Å². The van der Waals surface area contributed by atoms with Gasteiger partial charge in [0.1, 0.15) is 0 Å². The van der Waals surface area contributed by atoms with Crippen LogP contribution in [0, 0.1) is 11.8 Å². The van der Waals surface area contributed by atoms with E-state index in [0.29, 0.717) is 23.5 Å². The normalized spacial score (nSPS) is 24.0. The minimum absolute atomic E-state index is 0.246. The molecule has 0 saturated heterocycles. The first kappa shape index (κ1) is 17.1. The Morgan fingerprint density at radius 2 is 1.95 bits per heavy atom. The molecule has 1 saturated carbocycles. The van der Waals surface area contributed by atoms with Gasteiger partial charge in [0.25, 0.3) is 0 Å². The van der Waals surface area contributed by atoms with Gasteiger partial charge in [-0.05, 0) is 55.3 Å². The summed E-state index contributed by atoms with van der Waals surface area (Å²) in [7, 11) is 0. The molecular formula is C17H25Cl2NO. The molecule has 1 aromatic rings. The van der Waals surface area contributed by atoms with E-state index in [1.807, 2.05) is 12.1 Å². The van der Waals surface area contributed by atoms with Crippen LogP contribution in [0.1, 0.15) is 50.6 Å². The van der Waals surface area contributed by atoms with E-state index >= 15 is 0 Å². The van der Waals surface area contributed by atoms with Gasteiger partial charge in [-0.1, -0.05) is 49.0 Å². The zero-order chi connectivity index (χ0) is 15.2.